The van der Waals surface area contributed by atoms with E-state index >= 15 is 0 Å². The number of likely N-dealkylation sites (tertiary alicyclic amines) is 1. The third-order valence-corrected chi connectivity index (χ3v) is 6.79. The first kappa shape index (κ1) is 22.6. The van der Waals surface area contributed by atoms with Gasteiger partial charge < -0.3 is 25.5 Å². The fraction of sp³-hybridized carbons (Fsp3) is 0.417. The Bertz CT molecular complexity index is 945. The number of hydrogen-bond donors (Lipinski definition) is 2. The van der Waals surface area contributed by atoms with Gasteiger partial charge in [-0.1, -0.05) is 41.9 Å². The van der Waals surface area contributed by atoms with E-state index in [0.717, 1.165) is 11.3 Å². The van der Waals surface area contributed by atoms with Crippen molar-refractivity contribution in [1.29, 1.82) is 0 Å². The van der Waals surface area contributed by atoms with Crippen LogP contribution in [-0.2, 0) is 16.0 Å². The zero-order valence-electron chi connectivity index (χ0n) is 18.0. The summed E-state index contributed by atoms with van der Waals surface area (Å²) < 4.78 is 0. The molecule has 7 nitrogen and oxygen atoms in total. The molecule has 2 aromatic carbocycles. The molecule has 1 atom stereocenters. The van der Waals surface area contributed by atoms with Gasteiger partial charge in [-0.2, -0.15) is 0 Å². The Kier molecular flexibility index (Phi) is 6.69. The lowest BCUT2D eigenvalue weighted by Crippen LogP contribution is -2.59. The Balaban J connectivity index is 1.46. The van der Waals surface area contributed by atoms with E-state index in [1.165, 1.54) is 0 Å². The van der Waals surface area contributed by atoms with Crippen molar-refractivity contribution >= 4 is 29.1 Å². The first-order valence-corrected chi connectivity index (χ1v) is 11.3. The van der Waals surface area contributed by atoms with Crippen molar-refractivity contribution in [1.82, 2.24) is 9.80 Å². The number of nitrogens with zero attached hydrogens (tertiary/aromatic N) is 3. The molecule has 0 unspecified atom stereocenters. The number of β-amino-alcohol motifs (C(OH)–C–C–N with tert-alkyl or cyclic N) is 1. The van der Waals surface area contributed by atoms with Crippen LogP contribution in [-0.4, -0.2) is 71.2 Å². The molecule has 0 aromatic heterocycles. The molecule has 0 saturated carbocycles. The third-order valence-electron chi connectivity index (χ3n) is 6.54. The van der Waals surface area contributed by atoms with Crippen molar-refractivity contribution in [3.05, 3.63) is 65.2 Å². The number of hydrogen-bond acceptors (Lipinski definition) is 5. The number of para-hydroxylation sites is 1. The van der Waals surface area contributed by atoms with Crippen molar-refractivity contribution in [3.8, 4) is 0 Å². The fourth-order valence-electron chi connectivity index (χ4n) is 4.79. The predicted molar refractivity (Wildman–Crippen MR) is 124 cm³/mol. The monoisotopic (exact) mass is 456 g/mol. The van der Waals surface area contributed by atoms with Gasteiger partial charge in [-0.05, 0) is 49.1 Å². The Hall–Kier alpha value is -2.61. The maximum absolute atomic E-state index is 13.4. The van der Waals surface area contributed by atoms with Crippen LogP contribution in [0.3, 0.4) is 0 Å². The van der Waals surface area contributed by atoms with Gasteiger partial charge in [-0.3, -0.25) is 9.59 Å². The van der Waals surface area contributed by atoms with Crippen LogP contribution < -0.4 is 10.6 Å². The lowest BCUT2D eigenvalue weighted by atomic mass is 9.85. The molecule has 0 bridgehead atoms. The largest absolute Gasteiger partial charge is 0.395 e. The summed E-state index contributed by atoms with van der Waals surface area (Å²) in [7, 11) is 0. The molecular formula is C24H29ClN4O3. The second-order valence-electron chi connectivity index (χ2n) is 8.49. The number of piperidine rings is 1. The van der Waals surface area contributed by atoms with Gasteiger partial charge in [-0.15, -0.1) is 0 Å². The van der Waals surface area contributed by atoms with Gasteiger partial charge in [-0.25, -0.2) is 0 Å². The van der Waals surface area contributed by atoms with E-state index in [2.05, 4.69) is 4.90 Å². The Morgan fingerprint density at radius 2 is 1.75 bits per heavy atom. The van der Waals surface area contributed by atoms with E-state index in [1.807, 2.05) is 42.5 Å². The van der Waals surface area contributed by atoms with Crippen LogP contribution in [0, 0.1) is 0 Å². The molecular weight excluding hydrogens is 428 g/mol. The van der Waals surface area contributed by atoms with E-state index in [0.29, 0.717) is 50.6 Å². The first-order chi connectivity index (χ1) is 15.4. The number of carbonyl (C=O) groups is 2. The molecule has 2 amide bonds. The maximum Gasteiger partial charge on any atom is 0.250 e. The molecule has 0 aliphatic carbocycles. The molecule has 4 rings (SSSR count). The van der Waals surface area contributed by atoms with E-state index in [-0.39, 0.29) is 18.4 Å². The predicted octanol–water partition coefficient (Wildman–Crippen LogP) is 1.87. The van der Waals surface area contributed by atoms with Gasteiger partial charge in [0.1, 0.15) is 5.54 Å². The highest BCUT2D eigenvalue weighted by Gasteiger charge is 2.54. The molecule has 2 aromatic rings. The summed E-state index contributed by atoms with van der Waals surface area (Å²) >= 11 is 5.93. The summed E-state index contributed by atoms with van der Waals surface area (Å²) in [6.07, 6.45) is 1.50. The second-order valence-corrected chi connectivity index (χ2v) is 8.93. The van der Waals surface area contributed by atoms with Gasteiger partial charge in [0, 0.05) is 30.3 Å². The number of halogens is 1. The zero-order valence-corrected chi connectivity index (χ0v) is 18.7. The molecule has 2 saturated heterocycles. The average molecular weight is 457 g/mol. The topological polar surface area (TPSA) is 90.1 Å². The van der Waals surface area contributed by atoms with Gasteiger partial charge in [0.05, 0.1) is 19.3 Å². The minimum absolute atomic E-state index is 0.0213. The van der Waals surface area contributed by atoms with E-state index in [9.17, 15) is 14.7 Å². The van der Waals surface area contributed by atoms with Gasteiger partial charge in [0.2, 0.25) is 11.8 Å². The second kappa shape index (κ2) is 9.48. The van der Waals surface area contributed by atoms with Crippen molar-refractivity contribution in [2.45, 2.75) is 30.8 Å². The lowest BCUT2D eigenvalue weighted by molar-refractivity contribution is -0.139. The molecule has 2 aliphatic heterocycles. The van der Waals surface area contributed by atoms with Crippen LogP contribution >= 0.6 is 11.6 Å². The molecule has 32 heavy (non-hydrogen) atoms. The van der Waals surface area contributed by atoms with E-state index in [1.54, 1.807) is 21.9 Å². The third kappa shape index (κ3) is 4.33. The summed E-state index contributed by atoms with van der Waals surface area (Å²) in [5.74, 6) is -0.0771. The van der Waals surface area contributed by atoms with Crippen molar-refractivity contribution < 1.29 is 14.7 Å². The number of aliphatic hydroxyl groups excluding tert-OH is 1. The van der Waals surface area contributed by atoms with Crippen LogP contribution in [0.1, 0.15) is 18.4 Å². The summed E-state index contributed by atoms with van der Waals surface area (Å²) in [4.78, 5) is 32.0. The molecule has 2 heterocycles. The number of rotatable bonds is 6. The average Bonchev–Trinajstić information content (AvgIpc) is 3.07. The molecule has 2 aliphatic rings. The fourth-order valence-corrected chi connectivity index (χ4v) is 4.91. The molecule has 1 spiro atoms. The number of benzene rings is 2. The standard InChI is InChI=1S/C24H29ClN4O3/c25-19-8-6-18(7-9-19)16-21(26)22(31)27-12-10-24(11-13-27)23(32)28(14-15-30)17-29(24)20-4-2-1-3-5-20/h1-9,21,30H,10-17,26H2/t21-/m1/s1. The van der Waals surface area contributed by atoms with Crippen LogP contribution in [0.15, 0.2) is 54.6 Å². The molecule has 3 N–H and O–H groups in total. The van der Waals surface area contributed by atoms with Crippen molar-refractivity contribution in [3.63, 3.8) is 0 Å². The van der Waals surface area contributed by atoms with E-state index < -0.39 is 11.6 Å². The number of aliphatic hydroxyl groups is 1. The quantitative estimate of drug-likeness (QED) is 0.692. The summed E-state index contributed by atoms with van der Waals surface area (Å²) in [5.41, 5.74) is 7.47. The number of amides is 2. The first-order valence-electron chi connectivity index (χ1n) is 11.0. The number of nitrogens with two attached hydrogens (primary N) is 1. The Labute approximate surface area is 193 Å². The minimum atomic E-state index is -0.701. The van der Waals surface area contributed by atoms with Crippen molar-refractivity contribution in [2.75, 3.05) is 37.8 Å². The van der Waals surface area contributed by atoms with Gasteiger partial charge >= 0.3 is 0 Å². The van der Waals surface area contributed by atoms with Crippen molar-refractivity contribution in [2.24, 2.45) is 5.73 Å². The van der Waals surface area contributed by atoms with Crippen LogP contribution in [0.25, 0.3) is 0 Å². The maximum atomic E-state index is 13.4. The van der Waals surface area contributed by atoms with Crippen LogP contribution in [0.5, 0.6) is 0 Å². The summed E-state index contributed by atoms with van der Waals surface area (Å²) in [5, 5.41) is 10.1. The van der Waals surface area contributed by atoms with E-state index in [4.69, 9.17) is 17.3 Å². The zero-order chi connectivity index (χ0) is 22.7. The highest BCUT2D eigenvalue weighted by Crippen LogP contribution is 2.39. The summed E-state index contributed by atoms with van der Waals surface area (Å²) in [6.45, 7) is 1.60. The minimum Gasteiger partial charge on any atom is -0.395 e. The highest BCUT2D eigenvalue weighted by molar-refractivity contribution is 6.30. The number of anilines is 1. The lowest BCUT2D eigenvalue weighted by Gasteiger charge is -2.43. The van der Waals surface area contributed by atoms with Crippen LogP contribution in [0.2, 0.25) is 5.02 Å². The molecule has 170 valence electrons. The highest BCUT2D eigenvalue weighted by atomic mass is 35.5. The van der Waals surface area contributed by atoms with Gasteiger partial charge in [0.25, 0.3) is 0 Å². The normalized spacial score (nSPS) is 19.0. The smallest absolute Gasteiger partial charge is 0.250 e. The summed E-state index contributed by atoms with van der Waals surface area (Å²) in [6, 6.07) is 16.6. The Morgan fingerprint density at radius 1 is 1.09 bits per heavy atom. The Morgan fingerprint density at radius 3 is 2.38 bits per heavy atom. The molecule has 2 fully saturated rings. The molecule has 0 radical (unpaired) electrons. The van der Waals surface area contributed by atoms with Gasteiger partial charge in [0.15, 0.2) is 0 Å². The number of carbonyl (C=O) groups excluding carboxylic acids is 2. The molecule has 8 heteroatoms. The SMILES string of the molecule is N[C@H](Cc1ccc(Cl)cc1)C(=O)N1CCC2(CC1)C(=O)N(CCO)CN2c1ccccc1. The van der Waals surface area contributed by atoms with Crippen LogP contribution in [0.4, 0.5) is 5.69 Å².